The van der Waals surface area contributed by atoms with Crippen LogP contribution in [0.3, 0.4) is 0 Å². The van der Waals surface area contributed by atoms with Gasteiger partial charge in [-0.1, -0.05) is 0 Å². The van der Waals surface area contributed by atoms with Crippen LogP contribution in [-0.4, -0.2) is 14.8 Å². The number of carbonyl (C=O) groups excluding carboxylic acids is 1. The van der Waals surface area contributed by atoms with Gasteiger partial charge >= 0.3 is 0 Å². The molecule has 0 rings (SSSR count). The van der Waals surface area contributed by atoms with Gasteiger partial charge in [-0.25, -0.2) is 0 Å². The van der Waals surface area contributed by atoms with Gasteiger partial charge in [-0.15, -0.1) is 23.2 Å². The smallest absolute Gasteiger partial charge is 0.244 e. The monoisotopic (exact) mass is 240 g/mol. The lowest BCUT2D eigenvalue weighted by molar-refractivity contribution is -0.113. The molecule has 0 saturated carbocycles. The molecule has 0 spiro atoms. The van der Waals surface area contributed by atoms with Crippen molar-refractivity contribution < 1.29 is 4.79 Å². The van der Waals surface area contributed by atoms with Crippen LogP contribution in [0, 0.1) is 0 Å². The van der Waals surface area contributed by atoms with Gasteiger partial charge in [0.15, 0.2) is 0 Å². The van der Waals surface area contributed by atoms with Crippen LogP contribution in [0.5, 0.6) is 0 Å². The van der Waals surface area contributed by atoms with Crippen LogP contribution in [0.15, 0.2) is 0 Å². The summed E-state index contributed by atoms with van der Waals surface area (Å²) in [7, 11) is 6.03. The molecule has 1 nitrogen and oxygen atoms in total. The molecule has 0 amide bonds. The van der Waals surface area contributed by atoms with Gasteiger partial charge in [-0.05, 0) is 40.2 Å². The van der Waals surface area contributed by atoms with E-state index in [0.717, 1.165) is 11.0 Å². The molecule has 2 atom stereocenters. The molecule has 2 unspecified atom stereocenters. The maximum absolute atomic E-state index is 10.5. The van der Waals surface area contributed by atoms with Gasteiger partial charge in [0.2, 0.25) is 5.24 Å². The van der Waals surface area contributed by atoms with Crippen LogP contribution in [-0.2, 0) is 4.79 Å². The highest BCUT2D eigenvalue weighted by molar-refractivity contribution is 8.22. The van der Waals surface area contributed by atoms with Crippen molar-refractivity contribution in [1.29, 1.82) is 0 Å². The zero-order valence-corrected chi connectivity index (χ0v) is 8.75. The van der Waals surface area contributed by atoms with Gasteiger partial charge in [-0.3, -0.25) is 4.79 Å². The van der Waals surface area contributed by atoms with Crippen LogP contribution in [0.4, 0.5) is 0 Å². The summed E-state index contributed by atoms with van der Waals surface area (Å²) in [6.45, 7) is 1.41. The van der Waals surface area contributed by atoms with Crippen molar-refractivity contribution in [1.82, 2.24) is 0 Å². The zero-order valence-electron chi connectivity index (χ0n) is 4.91. The summed E-state index contributed by atoms with van der Waals surface area (Å²) in [5, 5.41) is -0.706. The molecule has 0 aromatic heterocycles. The average molecular weight is 242 g/mol. The first-order valence-electron chi connectivity index (χ1n) is 2.23. The Balaban J connectivity index is 4.23. The fourth-order valence-corrected chi connectivity index (χ4v) is 1.58. The molecule has 0 aliphatic carbocycles. The van der Waals surface area contributed by atoms with Gasteiger partial charge in [0.25, 0.3) is 0 Å². The van der Waals surface area contributed by atoms with E-state index in [-0.39, 0.29) is 0 Å². The fourth-order valence-electron chi connectivity index (χ4n) is 0.173. The lowest BCUT2D eigenvalue weighted by atomic mass is 10.2. The normalized spacial score (nSPS) is 19.7. The Morgan fingerprint density at radius 2 is 2.10 bits per heavy atom. The van der Waals surface area contributed by atoms with Gasteiger partial charge in [0.05, 0.1) is 0 Å². The minimum Gasteiger partial charge on any atom is -0.279 e. The second kappa shape index (κ2) is 4.27. The molecule has 0 bridgehead atoms. The summed E-state index contributed by atoms with van der Waals surface area (Å²) in [5.41, 5.74) is 0. The van der Waals surface area contributed by atoms with Gasteiger partial charge in [0, 0.05) is 0 Å². The number of hydrogen-bond acceptors (Lipinski definition) is 2. The van der Waals surface area contributed by atoms with E-state index in [4.69, 9.17) is 45.5 Å². The first-order chi connectivity index (χ1) is 4.42. The second-order valence-electron chi connectivity index (χ2n) is 1.75. The molecule has 0 aliphatic heterocycles. The van der Waals surface area contributed by atoms with E-state index in [2.05, 4.69) is 0 Å². The third-order valence-corrected chi connectivity index (χ3v) is 4.15. The fraction of sp³-hybridized carbons (Fsp3) is 0.750. The van der Waals surface area contributed by atoms with E-state index in [1.807, 2.05) is 0 Å². The Hall–Kier alpha value is 1.18. The minimum absolute atomic E-state index is 0.706. The summed E-state index contributed by atoms with van der Waals surface area (Å²) in [5.74, 6) is 0. The quantitative estimate of drug-likeness (QED) is 0.558. The Morgan fingerprint density at radius 3 is 2.20 bits per heavy atom. The van der Waals surface area contributed by atoms with Crippen molar-refractivity contribution in [3.63, 3.8) is 0 Å². The van der Waals surface area contributed by atoms with Crippen LogP contribution < -0.4 is 0 Å². The van der Waals surface area contributed by atoms with Gasteiger partial charge in [-0.2, -0.15) is 0 Å². The number of halogens is 4. The number of carbonyl (C=O) groups is 1. The standard InChI is InChI=1S/C4H4Cl4OS/c1-4(7,2(5)9)3(6)10-8/h3H,1H3. The molecule has 0 heterocycles. The maximum atomic E-state index is 10.5. The van der Waals surface area contributed by atoms with Gasteiger partial charge < -0.3 is 0 Å². The van der Waals surface area contributed by atoms with Crippen molar-refractivity contribution in [2.75, 3.05) is 0 Å². The SMILES string of the molecule is CC(Cl)(C(=O)Cl)C(Cl)SCl. The van der Waals surface area contributed by atoms with Crippen molar-refractivity contribution >= 4 is 61.7 Å². The summed E-state index contributed by atoms with van der Waals surface area (Å²) >= 11 is 16.3. The molecule has 0 aliphatic rings. The molecule has 60 valence electrons. The molecular weight excluding hydrogens is 238 g/mol. The van der Waals surface area contributed by atoms with E-state index >= 15 is 0 Å². The number of alkyl halides is 2. The van der Waals surface area contributed by atoms with Gasteiger partial charge in [0.1, 0.15) is 9.58 Å². The molecular formula is C4H4Cl4OS. The topological polar surface area (TPSA) is 17.1 Å². The van der Waals surface area contributed by atoms with E-state index in [1.165, 1.54) is 6.92 Å². The first kappa shape index (κ1) is 11.2. The molecule has 0 fully saturated rings. The third-order valence-electron chi connectivity index (χ3n) is 0.889. The van der Waals surface area contributed by atoms with E-state index in [9.17, 15) is 4.79 Å². The van der Waals surface area contributed by atoms with Crippen LogP contribution in [0.2, 0.25) is 0 Å². The highest BCUT2D eigenvalue weighted by atomic mass is 35.7. The van der Waals surface area contributed by atoms with Crippen LogP contribution in [0.1, 0.15) is 6.92 Å². The molecule has 0 N–H and O–H groups in total. The third kappa shape index (κ3) is 2.67. The van der Waals surface area contributed by atoms with Crippen molar-refractivity contribution in [3.8, 4) is 0 Å². The molecule has 0 aromatic rings. The van der Waals surface area contributed by atoms with E-state index in [0.29, 0.717) is 0 Å². The number of hydrogen-bond donors (Lipinski definition) is 0. The number of rotatable bonds is 3. The summed E-state index contributed by atoms with van der Waals surface area (Å²) in [4.78, 5) is 9.25. The maximum Gasteiger partial charge on any atom is 0.244 e. The Bertz CT molecular complexity index is 137. The Kier molecular flexibility index (Phi) is 4.77. The summed E-state index contributed by atoms with van der Waals surface area (Å²) in [6.07, 6.45) is 0. The summed E-state index contributed by atoms with van der Waals surface area (Å²) < 4.78 is -0.721. The largest absolute Gasteiger partial charge is 0.279 e. The molecule has 0 aromatic carbocycles. The Labute approximate surface area is 82.8 Å². The molecule has 0 radical (unpaired) electrons. The minimum atomic E-state index is -1.30. The predicted molar refractivity (Wildman–Crippen MR) is 48.2 cm³/mol. The molecule has 6 heteroatoms. The Morgan fingerprint density at radius 1 is 1.70 bits per heavy atom. The molecule has 10 heavy (non-hydrogen) atoms. The van der Waals surface area contributed by atoms with Crippen molar-refractivity contribution in [2.24, 2.45) is 0 Å². The van der Waals surface area contributed by atoms with Crippen LogP contribution >= 0.6 is 56.5 Å². The zero-order chi connectivity index (χ0) is 8.36. The van der Waals surface area contributed by atoms with Crippen molar-refractivity contribution in [2.45, 2.75) is 16.5 Å². The van der Waals surface area contributed by atoms with Crippen LogP contribution in [0.25, 0.3) is 0 Å². The van der Waals surface area contributed by atoms with Crippen molar-refractivity contribution in [3.05, 3.63) is 0 Å². The van der Waals surface area contributed by atoms with E-state index < -0.39 is 14.8 Å². The first-order valence-corrected chi connectivity index (χ1v) is 5.13. The summed E-state index contributed by atoms with van der Waals surface area (Å²) in [6, 6.07) is 0. The highest BCUT2D eigenvalue weighted by Crippen LogP contribution is 2.36. The molecule has 0 saturated heterocycles. The lowest BCUT2D eigenvalue weighted by Crippen LogP contribution is -2.32. The highest BCUT2D eigenvalue weighted by Gasteiger charge is 2.37. The second-order valence-corrected chi connectivity index (χ2v) is 4.76. The lowest BCUT2D eigenvalue weighted by Gasteiger charge is -2.19. The predicted octanol–water partition coefficient (Wildman–Crippen LogP) is 3.20. The average Bonchev–Trinajstić information content (AvgIpc) is 1.86. The van der Waals surface area contributed by atoms with E-state index in [1.54, 1.807) is 0 Å².